The third-order valence-electron chi connectivity index (χ3n) is 3.44. The summed E-state index contributed by atoms with van der Waals surface area (Å²) >= 11 is 0. The molecule has 2 N–H and O–H groups in total. The molecule has 0 radical (unpaired) electrons. The fourth-order valence-electron chi connectivity index (χ4n) is 2.64. The fourth-order valence-corrected chi connectivity index (χ4v) is 2.64. The molecule has 4 heteroatoms. The summed E-state index contributed by atoms with van der Waals surface area (Å²) in [6.45, 7) is 6.12. The first-order chi connectivity index (χ1) is 7.40. The molecule has 0 spiro atoms. The van der Waals surface area contributed by atoms with E-state index in [4.69, 9.17) is 4.74 Å². The van der Waals surface area contributed by atoms with Crippen LogP contribution in [0.4, 0.5) is 0 Å². The Labute approximate surface area is 96.6 Å². The Morgan fingerprint density at radius 2 is 2.19 bits per heavy atom. The molecule has 0 saturated carbocycles. The van der Waals surface area contributed by atoms with E-state index in [0.29, 0.717) is 19.4 Å². The van der Waals surface area contributed by atoms with Gasteiger partial charge in [-0.1, -0.05) is 20.8 Å². The van der Waals surface area contributed by atoms with Gasteiger partial charge in [0.05, 0.1) is 17.6 Å². The number of carbonyl (C=O) groups is 1. The Morgan fingerprint density at radius 3 is 2.62 bits per heavy atom. The molecule has 94 valence electrons. The van der Waals surface area contributed by atoms with Crippen molar-refractivity contribution >= 4 is 5.97 Å². The number of ether oxygens (including phenoxy) is 1. The third-order valence-corrected chi connectivity index (χ3v) is 3.44. The minimum atomic E-state index is -1.11. The lowest BCUT2D eigenvalue weighted by Crippen LogP contribution is -2.51. The van der Waals surface area contributed by atoms with E-state index in [0.717, 1.165) is 6.42 Å². The van der Waals surface area contributed by atoms with Crippen LogP contribution in [0.2, 0.25) is 0 Å². The number of carboxylic acids is 1. The molecule has 16 heavy (non-hydrogen) atoms. The number of aliphatic hydroxyl groups is 1. The van der Waals surface area contributed by atoms with Gasteiger partial charge in [0.25, 0.3) is 0 Å². The predicted octanol–water partition coefficient (Wildman–Crippen LogP) is 1.66. The minimum absolute atomic E-state index is 0.0145. The molecule has 0 aromatic heterocycles. The highest BCUT2D eigenvalue weighted by Crippen LogP contribution is 2.36. The summed E-state index contributed by atoms with van der Waals surface area (Å²) in [6, 6.07) is 0. The Kier molecular flexibility index (Phi) is 4.33. The van der Waals surface area contributed by atoms with E-state index in [9.17, 15) is 15.0 Å². The maximum absolute atomic E-state index is 11.2. The Bertz CT molecular complexity index is 251. The van der Waals surface area contributed by atoms with Gasteiger partial charge in [0.1, 0.15) is 0 Å². The molecule has 1 aliphatic heterocycles. The topological polar surface area (TPSA) is 66.8 Å². The molecular formula is C12H22O4. The van der Waals surface area contributed by atoms with Gasteiger partial charge in [-0.15, -0.1) is 0 Å². The van der Waals surface area contributed by atoms with Crippen LogP contribution in [0.15, 0.2) is 0 Å². The molecule has 3 atom stereocenters. The van der Waals surface area contributed by atoms with Crippen molar-refractivity contribution in [2.24, 2.45) is 11.8 Å². The zero-order valence-corrected chi connectivity index (χ0v) is 10.3. The van der Waals surface area contributed by atoms with Gasteiger partial charge < -0.3 is 14.9 Å². The largest absolute Gasteiger partial charge is 0.481 e. The monoisotopic (exact) mass is 230 g/mol. The molecule has 0 aromatic rings. The van der Waals surface area contributed by atoms with E-state index in [-0.39, 0.29) is 12.0 Å². The van der Waals surface area contributed by atoms with Crippen molar-refractivity contribution in [1.29, 1.82) is 0 Å². The lowest BCUT2D eigenvalue weighted by atomic mass is 9.73. The predicted molar refractivity (Wildman–Crippen MR) is 60.2 cm³/mol. The average Bonchev–Trinajstić information content (AvgIpc) is 2.15. The summed E-state index contributed by atoms with van der Waals surface area (Å²) in [5.41, 5.74) is -1.11. The average molecular weight is 230 g/mol. The summed E-state index contributed by atoms with van der Waals surface area (Å²) < 4.78 is 5.48. The van der Waals surface area contributed by atoms with Gasteiger partial charge in [-0.3, -0.25) is 4.79 Å². The van der Waals surface area contributed by atoms with E-state index >= 15 is 0 Å². The molecule has 1 rings (SSSR count). The van der Waals surface area contributed by atoms with Gasteiger partial charge in [-0.2, -0.15) is 0 Å². The summed E-state index contributed by atoms with van der Waals surface area (Å²) in [4.78, 5) is 11.2. The van der Waals surface area contributed by atoms with Crippen molar-refractivity contribution in [1.82, 2.24) is 0 Å². The van der Waals surface area contributed by atoms with Crippen molar-refractivity contribution in [3.8, 4) is 0 Å². The van der Waals surface area contributed by atoms with Crippen molar-refractivity contribution in [3.05, 3.63) is 0 Å². The van der Waals surface area contributed by atoms with E-state index in [1.54, 1.807) is 0 Å². The molecule has 0 amide bonds. The molecule has 0 aromatic carbocycles. The van der Waals surface area contributed by atoms with Gasteiger partial charge in [-0.25, -0.2) is 0 Å². The fraction of sp³-hybridized carbons (Fsp3) is 0.917. The number of aliphatic carboxylic acids is 1. The van der Waals surface area contributed by atoms with Gasteiger partial charge in [0.15, 0.2) is 0 Å². The van der Waals surface area contributed by atoms with Crippen LogP contribution >= 0.6 is 0 Å². The third kappa shape index (κ3) is 2.74. The first kappa shape index (κ1) is 13.5. The highest BCUT2D eigenvalue weighted by Gasteiger charge is 2.46. The first-order valence-corrected chi connectivity index (χ1v) is 5.97. The Balaban J connectivity index is 2.84. The molecule has 0 aliphatic carbocycles. The van der Waals surface area contributed by atoms with Crippen LogP contribution in [-0.2, 0) is 9.53 Å². The van der Waals surface area contributed by atoms with Crippen LogP contribution in [0.5, 0.6) is 0 Å². The first-order valence-electron chi connectivity index (χ1n) is 5.97. The minimum Gasteiger partial charge on any atom is -0.481 e. The lowest BCUT2D eigenvalue weighted by Gasteiger charge is -2.41. The summed E-state index contributed by atoms with van der Waals surface area (Å²) in [7, 11) is 0. The molecule has 1 aliphatic rings. The van der Waals surface area contributed by atoms with E-state index < -0.39 is 17.5 Å². The van der Waals surface area contributed by atoms with Crippen LogP contribution in [0.25, 0.3) is 0 Å². The molecular weight excluding hydrogens is 208 g/mol. The molecule has 0 bridgehead atoms. The quantitative estimate of drug-likeness (QED) is 0.771. The SMILES string of the molecule is CCC1CC(O)(C(C(=O)O)C(C)C)CCO1. The second kappa shape index (κ2) is 5.15. The van der Waals surface area contributed by atoms with Gasteiger partial charge in [0, 0.05) is 19.4 Å². The maximum Gasteiger partial charge on any atom is 0.309 e. The lowest BCUT2D eigenvalue weighted by molar-refractivity contribution is -0.172. The molecule has 3 unspecified atom stereocenters. The van der Waals surface area contributed by atoms with Gasteiger partial charge >= 0.3 is 5.97 Å². The number of hydrogen-bond donors (Lipinski definition) is 2. The van der Waals surface area contributed by atoms with E-state index in [1.165, 1.54) is 0 Å². The van der Waals surface area contributed by atoms with Crippen LogP contribution in [0, 0.1) is 11.8 Å². The Morgan fingerprint density at radius 1 is 1.56 bits per heavy atom. The number of hydrogen-bond acceptors (Lipinski definition) is 3. The van der Waals surface area contributed by atoms with Crippen LogP contribution < -0.4 is 0 Å². The van der Waals surface area contributed by atoms with Crippen molar-refractivity contribution < 1.29 is 19.7 Å². The van der Waals surface area contributed by atoms with Crippen LogP contribution in [0.3, 0.4) is 0 Å². The van der Waals surface area contributed by atoms with Crippen molar-refractivity contribution in [2.75, 3.05) is 6.61 Å². The second-order valence-corrected chi connectivity index (χ2v) is 5.02. The van der Waals surface area contributed by atoms with E-state index in [1.807, 2.05) is 20.8 Å². The van der Waals surface area contributed by atoms with Gasteiger partial charge in [0.2, 0.25) is 0 Å². The zero-order chi connectivity index (χ0) is 12.3. The van der Waals surface area contributed by atoms with Gasteiger partial charge in [-0.05, 0) is 12.3 Å². The highest BCUT2D eigenvalue weighted by molar-refractivity contribution is 5.71. The number of carboxylic acid groups (broad SMARTS) is 1. The normalized spacial score (nSPS) is 32.7. The molecule has 1 saturated heterocycles. The maximum atomic E-state index is 11.2. The van der Waals surface area contributed by atoms with Crippen molar-refractivity contribution in [3.63, 3.8) is 0 Å². The van der Waals surface area contributed by atoms with E-state index in [2.05, 4.69) is 0 Å². The molecule has 1 heterocycles. The molecule has 1 fully saturated rings. The summed E-state index contributed by atoms with van der Waals surface area (Å²) in [6.07, 6.45) is 1.64. The van der Waals surface area contributed by atoms with Crippen LogP contribution in [0.1, 0.15) is 40.0 Å². The highest BCUT2D eigenvalue weighted by atomic mass is 16.5. The van der Waals surface area contributed by atoms with Crippen molar-refractivity contribution in [2.45, 2.75) is 51.7 Å². The molecule has 4 nitrogen and oxygen atoms in total. The smallest absolute Gasteiger partial charge is 0.309 e. The Hall–Kier alpha value is -0.610. The standard InChI is InChI=1S/C12H22O4/c1-4-9-7-12(15,5-6-16-9)10(8(2)3)11(13)14/h8-10,15H,4-7H2,1-3H3,(H,13,14). The summed E-state index contributed by atoms with van der Waals surface area (Å²) in [5, 5.41) is 19.7. The summed E-state index contributed by atoms with van der Waals surface area (Å²) in [5.74, 6) is -1.68. The van der Waals surface area contributed by atoms with Crippen LogP contribution in [-0.4, -0.2) is 34.5 Å². The number of rotatable bonds is 4. The second-order valence-electron chi connectivity index (χ2n) is 5.02. The zero-order valence-electron chi connectivity index (χ0n) is 10.3.